The molecule has 0 bridgehead atoms. The zero-order valence-corrected chi connectivity index (χ0v) is 19.1. The molecule has 2 heterocycles. The van der Waals surface area contributed by atoms with E-state index in [1.54, 1.807) is 18.2 Å². The number of halogens is 6. The molecule has 1 N–H and O–H groups in total. The Kier molecular flexibility index (Phi) is 6.64. The van der Waals surface area contributed by atoms with Crippen LogP contribution in [0.3, 0.4) is 0 Å². The Hall–Kier alpha value is -3.32. The molecule has 3 aromatic rings. The van der Waals surface area contributed by atoms with E-state index in [9.17, 15) is 39.9 Å². The highest BCUT2D eigenvalue weighted by Gasteiger charge is 2.39. The Morgan fingerprint density at radius 3 is 2.17 bits per heavy atom. The number of phenols is 1. The standard InChI is InChI=1S/C23H18F6N2O4S/c24-22(25,26)14-10-15(23(27,28)29)12-16(11-14)36(33,34)31-8-3-9-35-21-19(13-31)17(6-7-30-21)18-4-1-2-5-20(18)32/h1-2,4-7,10-12,32H,3,8-9,13H2. The summed E-state index contributed by atoms with van der Waals surface area (Å²) < 4.78 is 113. The van der Waals surface area contributed by atoms with E-state index >= 15 is 0 Å². The van der Waals surface area contributed by atoms with Gasteiger partial charge >= 0.3 is 12.4 Å². The van der Waals surface area contributed by atoms with Crippen LogP contribution in [0.5, 0.6) is 11.6 Å². The van der Waals surface area contributed by atoms with Gasteiger partial charge in [-0.05, 0) is 42.3 Å². The highest BCUT2D eigenvalue weighted by Crippen LogP contribution is 2.40. The largest absolute Gasteiger partial charge is 0.507 e. The number of aromatic nitrogens is 1. The normalized spacial score (nSPS) is 15.5. The van der Waals surface area contributed by atoms with Crippen molar-refractivity contribution in [1.82, 2.24) is 9.29 Å². The molecule has 0 saturated carbocycles. The third-order valence-corrected chi connectivity index (χ3v) is 7.36. The number of ether oxygens (including phenoxy) is 1. The first-order valence-corrected chi connectivity index (χ1v) is 11.9. The van der Waals surface area contributed by atoms with Crippen LogP contribution in [0.15, 0.2) is 59.6 Å². The first-order valence-electron chi connectivity index (χ1n) is 10.5. The quantitative estimate of drug-likeness (QED) is 0.453. The number of alkyl halides is 6. The lowest BCUT2D eigenvalue weighted by atomic mass is 10.00. The van der Waals surface area contributed by atoms with Gasteiger partial charge in [-0.25, -0.2) is 13.4 Å². The van der Waals surface area contributed by atoms with Gasteiger partial charge in [0.1, 0.15) is 5.75 Å². The lowest BCUT2D eigenvalue weighted by molar-refractivity contribution is -0.143. The molecule has 1 aliphatic rings. The molecular weight excluding hydrogens is 514 g/mol. The van der Waals surface area contributed by atoms with Gasteiger partial charge in [-0.1, -0.05) is 18.2 Å². The third-order valence-electron chi connectivity index (χ3n) is 5.53. The fraction of sp³-hybridized carbons (Fsp3) is 0.261. The predicted octanol–water partition coefficient (Wildman–Crippen LogP) is 5.47. The molecule has 0 spiro atoms. The third kappa shape index (κ3) is 5.12. The molecule has 0 saturated heterocycles. The molecule has 0 unspecified atom stereocenters. The van der Waals surface area contributed by atoms with Gasteiger partial charge in [-0.3, -0.25) is 0 Å². The van der Waals surface area contributed by atoms with Crippen molar-refractivity contribution in [2.24, 2.45) is 0 Å². The average Bonchev–Trinajstić information content (AvgIpc) is 2.78. The average molecular weight is 532 g/mol. The van der Waals surface area contributed by atoms with Crippen LogP contribution in [0, 0.1) is 0 Å². The van der Waals surface area contributed by atoms with Gasteiger partial charge in [0.25, 0.3) is 0 Å². The van der Waals surface area contributed by atoms with E-state index in [1.807, 2.05) is 0 Å². The molecule has 1 aromatic heterocycles. The summed E-state index contributed by atoms with van der Waals surface area (Å²) >= 11 is 0. The topological polar surface area (TPSA) is 79.7 Å². The van der Waals surface area contributed by atoms with Crippen molar-refractivity contribution in [3.63, 3.8) is 0 Å². The molecule has 0 aliphatic carbocycles. The summed E-state index contributed by atoms with van der Waals surface area (Å²) in [6, 6.07) is 7.91. The van der Waals surface area contributed by atoms with Crippen LogP contribution in [-0.4, -0.2) is 36.0 Å². The number of nitrogens with zero attached hydrogens (tertiary/aromatic N) is 2. The summed E-state index contributed by atoms with van der Waals surface area (Å²) in [5, 5.41) is 10.3. The number of pyridine rings is 1. The Labute approximate surface area is 201 Å². The lowest BCUT2D eigenvalue weighted by Crippen LogP contribution is -2.34. The lowest BCUT2D eigenvalue weighted by Gasteiger charge is -2.27. The summed E-state index contributed by atoms with van der Waals surface area (Å²) in [4.78, 5) is 2.96. The second kappa shape index (κ2) is 9.28. The van der Waals surface area contributed by atoms with E-state index < -0.39 is 44.9 Å². The molecule has 0 fully saturated rings. The Bertz CT molecular complexity index is 1360. The number of rotatable bonds is 3. The monoisotopic (exact) mass is 532 g/mol. The van der Waals surface area contributed by atoms with Crippen LogP contribution in [0.1, 0.15) is 23.1 Å². The van der Waals surface area contributed by atoms with E-state index in [4.69, 9.17) is 4.74 Å². The second-order valence-corrected chi connectivity index (χ2v) is 9.88. The summed E-state index contributed by atoms with van der Waals surface area (Å²) in [6.07, 6.45) is -8.93. The maximum Gasteiger partial charge on any atom is 0.416 e. The molecule has 36 heavy (non-hydrogen) atoms. The van der Waals surface area contributed by atoms with Crippen molar-refractivity contribution >= 4 is 10.0 Å². The molecule has 0 radical (unpaired) electrons. The van der Waals surface area contributed by atoms with Gasteiger partial charge in [0.05, 0.1) is 22.6 Å². The number of hydrogen-bond donors (Lipinski definition) is 1. The Morgan fingerprint density at radius 1 is 0.917 bits per heavy atom. The fourth-order valence-electron chi connectivity index (χ4n) is 3.80. The fourth-order valence-corrected chi connectivity index (χ4v) is 5.32. The van der Waals surface area contributed by atoms with Crippen molar-refractivity contribution in [1.29, 1.82) is 0 Å². The second-order valence-electron chi connectivity index (χ2n) is 7.94. The highest BCUT2D eigenvalue weighted by molar-refractivity contribution is 7.89. The van der Waals surface area contributed by atoms with E-state index in [0.717, 1.165) is 4.31 Å². The van der Waals surface area contributed by atoms with Gasteiger partial charge in [0.2, 0.25) is 15.9 Å². The molecule has 192 valence electrons. The van der Waals surface area contributed by atoms with Gasteiger partial charge in [-0.2, -0.15) is 30.6 Å². The van der Waals surface area contributed by atoms with Crippen molar-refractivity contribution in [2.75, 3.05) is 13.2 Å². The smallest absolute Gasteiger partial charge is 0.416 e. The first kappa shape index (κ1) is 25.8. The minimum absolute atomic E-state index is 0.00730. The zero-order valence-electron chi connectivity index (χ0n) is 18.3. The van der Waals surface area contributed by atoms with E-state index in [1.165, 1.54) is 18.3 Å². The predicted molar refractivity (Wildman–Crippen MR) is 115 cm³/mol. The Morgan fingerprint density at radius 2 is 1.56 bits per heavy atom. The number of phenolic OH excluding ortho intramolecular Hbond substituents is 1. The van der Waals surface area contributed by atoms with Gasteiger partial charge < -0.3 is 9.84 Å². The minimum Gasteiger partial charge on any atom is -0.507 e. The van der Waals surface area contributed by atoms with Gasteiger partial charge in [0.15, 0.2) is 0 Å². The number of hydrogen-bond acceptors (Lipinski definition) is 5. The van der Waals surface area contributed by atoms with Crippen LogP contribution in [0.2, 0.25) is 0 Å². The van der Waals surface area contributed by atoms with Crippen LogP contribution < -0.4 is 4.74 Å². The zero-order chi connectivity index (χ0) is 26.3. The van der Waals surface area contributed by atoms with Crippen molar-refractivity contribution in [2.45, 2.75) is 30.2 Å². The molecule has 4 rings (SSSR count). The maximum atomic E-state index is 13.4. The summed E-state index contributed by atoms with van der Waals surface area (Å²) in [7, 11) is -4.83. The van der Waals surface area contributed by atoms with Crippen molar-refractivity contribution < 1.29 is 44.6 Å². The molecule has 6 nitrogen and oxygen atoms in total. The SMILES string of the molecule is O=S(=O)(c1cc(C(F)(F)F)cc(C(F)(F)F)c1)N1CCCOc2nccc(-c3ccccc3O)c2C1. The molecular formula is C23H18F6N2O4S. The van der Waals surface area contributed by atoms with Crippen molar-refractivity contribution in [3.05, 3.63) is 71.4 Å². The maximum absolute atomic E-state index is 13.4. The van der Waals surface area contributed by atoms with Crippen LogP contribution in [0.25, 0.3) is 11.1 Å². The van der Waals surface area contributed by atoms with Crippen molar-refractivity contribution in [3.8, 4) is 22.8 Å². The minimum atomic E-state index is -5.20. The van der Waals surface area contributed by atoms with Crippen LogP contribution in [0.4, 0.5) is 26.3 Å². The Balaban J connectivity index is 1.84. The number of para-hydroxylation sites is 1. The molecule has 2 aromatic carbocycles. The van der Waals surface area contributed by atoms with E-state index in [-0.39, 0.29) is 55.0 Å². The van der Waals surface area contributed by atoms with Crippen LogP contribution in [-0.2, 0) is 28.9 Å². The summed E-state index contributed by atoms with van der Waals surface area (Å²) in [5.41, 5.74) is -2.60. The van der Waals surface area contributed by atoms with Crippen LogP contribution >= 0.6 is 0 Å². The first-order chi connectivity index (χ1) is 16.8. The van der Waals surface area contributed by atoms with E-state index in [2.05, 4.69) is 4.98 Å². The summed E-state index contributed by atoms with van der Waals surface area (Å²) in [5.74, 6) is -0.0919. The molecule has 0 atom stereocenters. The number of benzene rings is 2. The highest BCUT2D eigenvalue weighted by atomic mass is 32.2. The number of sulfonamides is 1. The van der Waals surface area contributed by atoms with E-state index in [0.29, 0.717) is 11.1 Å². The number of fused-ring (bicyclic) bond motifs is 1. The van der Waals surface area contributed by atoms with Gasteiger partial charge in [0, 0.05) is 30.4 Å². The number of aromatic hydroxyl groups is 1. The molecule has 0 amide bonds. The molecule has 13 heteroatoms. The summed E-state index contributed by atoms with van der Waals surface area (Å²) in [6.45, 7) is -0.714. The molecule has 1 aliphatic heterocycles. The van der Waals surface area contributed by atoms with Gasteiger partial charge in [-0.15, -0.1) is 0 Å².